The van der Waals surface area contributed by atoms with E-state index in [9.17, 15) is 13.2 Å². The molecule has 2 N–H and O–H groups in total. The predicted octanol–water partition coefficient (Wildman–Crippen LogP) is -14.6. The molecule has 0 aliphatic heterocycles. The van der Waals surface area contributed by atoms with Crippen LogP contribution >= 0.6 is 0 Å². The van der Waals surface area contributed by atoms with Gasteiger partial charge in [0.25, 0.3) is 0 Å². The van der Waals surface area contributed by atoms with E-state index in [-0.39, 0.29) is 141 Å². The minimum Gasteiger partial charge on any atom is -1.00 e. The number of hydrogen-bond acceptors (Lipinski definition) is 2. The number of hydrogen-bond donors (Lipinski definition) is 1. The molecule has 0 unspecified atom stereocenters. The van der Waals surface area contributed by atoms with Gasteiger partial charge in [-0.3, -0.25) is 0 Å². The Morgan fingerprint density at radius 2 is 1.08 bits per heavy atom. The molecule has 0 saturated heterocycles. The van der Waals surface area contributed by atoms with E-state index in [2.05, 4.69) is 0 Å². The number of alkyl halides is 3. The summed E-state index contributed by atoms with van der Waals surface area (Å²) in [6, 6.07) is 0. The quantitative estimate of drug-likeness (QED) is 0.446. The van der Waals surface area contributed by atoms with Gasteiger partial charge < -0.3 is 35.4 Å². The van der Waals surface area contributed by atoms with E-state index < -0.39 is 12.8 Å². The summed E-state index contributed by atoms with van der Waals surface area (Å²) in [6.07, 6.45) is -4.40. The summed E-state index contributed by atoms with van der Waals surface area (Å²) < 4.78 is 31.6. The zero-order valence-electron chi connectivity index (χ0n) is 6.99. The monoisotopic (exact) mass is 272 g/mol. The van der Waals surface area contributed by atoms with E-state index in [1.165, 1.54) is 0 Å². The first-order valence-electron chi connectivity index (χ1n) is 1.24. The van der Waals surface area contributed by atoms with Crippen LogP contribution in [0.15, 0.2) is 0 Å². The van der Waals surface area contributed by atoms with Crippen LogP contribution in [0.1, 0.15) is 0 Å². The van der Waals surface area contributed by atoms with Crippen LogP contribution in [0.3, 0.4) is 0 Å². The van der Waals surface area contributed by atoms with Crippen LogP contribution in [0.25, 0.3) is 0 Å². The topological polar surface area (TPSA) is 50.2 Å². The SMILES string of the molecule is OCC(F)(F)F.[Cl-].[Cl-].[K+].[Na+].[Na+].[OH-]. The normalized spacial score (nSPS) is 6.00. The predicted molar refractivity (Wildman–Crippen MR) is 15.1 cm³/mol. The third-order valence-electron chi connectivity index (χ3n) is 0.179. The fourth-order valence-corrected chi connectivity index (χ4v) is 0. The van der Waals surface area contributed by atoms with Crippen LogP contribution in [0.5, 0.6) is 0 Å². The molecule has 0 aromatic rings. The fourth-order valence-electron chi connectivity index (χ4n) is 0. The molecule has 0 rings (SSSR count). The maximum Gasteiger partial charge on any atom is 1.00 e. The van der Waals surface area contributed by atoms with Crippen molar-refractivity contribution >= 4 is 0 Å². The summed E-state index contributed by atoms with van der Waals surface area (Å²) in [7, 11) is 0. The molecule has 0 radical (unpaired) electrons. The molecular formula is C2H4Cl2F3KNa2O2. The molecule has 0 aromatic carbocycles. The van der Waals surface area contributed by atoms with E-state index in [1.807, 2.05) is 0 Å². The van der Waals surface area contributed by atoms with Gasteiger partial charge in [0.2, 0.25) is 0 Å². The Morgan fingerprint density at radius 3 is 1.08 bits per heavy atom. The molecule has 0 heterocycles. The third-order valence-corrected chi connectivity index (χ3v) is 0.179. The van der Waals surface area contributed by atoms with Crippen molar-refractivity contribution in [3.63, 3.8) is 0 Å². The van der Waals surface area contributed by atoms with Gasteiger partial charge in [-0.25, -0.2) is 0 Å². The van der Waals surface area contributed by atoms with Crippen molar-refractivity contribution in [1.29, 1.82) is 0 Å². The second-order valence-electron chi connectivity index (χ2n) is 0.773. The van der Waals surface area contributed by atoms with E-state index in [0.717, 1.165) is 0 Å². The van der Waals surface area contributed by atoms with Gasteiger partial charge in [-0.05, 0) is 0 Å². The summed E-state index contributed by atoms with van der Waals surface area (Å²) in [5.74, 6) is 0. The average Bonchev–Trinajstić information content (AvgIpc) is 1.35. The maximum absolute atomic E-state index is 10.5. The maximum atomic E-state index is 10.5. The van der Waals surface area contributed by atoms with Gasteiger partial charge in [0, 0.05) is 0 Å². The van der Waals surface area contributed by atoms with Crippen molar-refractivity contribution in [3.8, 4) is 0 Å². The average molecular weight is 273 g/mol. The van der Waals surface area contributed by atoms with Crippen LogP contribution < -0.4 is 135 Å². The molecule has 62 valence electrons. The summed E-state index contributed by atoms with van der Waals surface area (Å²) in [5.41, 5.74) is 0. The van der Waals surface area contributed by atoms with Crippen LogP contribution in [-0.4, -0.2) is 23.4 Å². The second kappa shape index (κ2) is 24.2. The van der Waals surface area contributed by atoms with Crippen molar-refractivity contribution in [3.05, 3.63) is 0 Å². The van der Waals surface area contributed by atoms with E-state index in [0.29, 0.717) is 0 Å². The summed E-state index contributed by atoms with van der Waals surface area (Å²) in [4.78, 5) is 0. The zero-order chi connectivity index (χ0) is 5.21. The van der Waals surface area contributed by atoms with Crippen molar-refractivity contribution in [2.24, 2.45) is 0 Å². The molecule has 0 aromatic heterocycles. The molecular weight excluding hydrogens is 269 g/mol. The van der Waals surface area contributed by atoms with Gasteiger partial charge in [-0.15, -0.1) is 0 Å². The van der Waals surface area contributed by atoms with Crippen LogP contribution in [0.2, 0.25) is 0 Å². The van der Waals surface area contributed by atoms with Gasteiger partial charge in [0.05, 0.1) is 0 Å². The van der Waals surface area contributed by atoms with Crippen molar-refractivity contribution in [2.45, 2.75) is 6.18 Å². The smallest absolute Gasteiger partial charge is 1.00 e. The van der Waals surface area contributed by atoms with Crippen LogP contribution in [-0.2, 0) is 0 Å². The fraction of sp³-hybridized carbons (Fsp3) is 1.00. The number of aliphatic hydroxyl groups excluding tert-OH is 1. The molecule has 10 heteroatoms. The first-order chi connectivity index (χ1) is 2.56. The van der Waals surface area contributed by atoms with Crippen molar-refractivity contribution in [2.75, 3.05) is 6.61 Å². The van der Waals surface area contributed by atoms with Gasteiger partial charge in [0.1, 0.15) is 6.61 Å². The molecule has 0 saturated carbocycles. The Labute approximate surface area is 168 Å². The molecule has 0 bridgehead atoms. The largest absolute Gasteiger partial charge is 1.00 e. The summed E-state index contributed by atoms with van der Waals surface area (Å²) >= 11 is 0. The van der Waals surface area contributed by atoms with Crippen LogP contribution in [0, 0.1) is 0 Å². The number of halogens is 5. The zero-order valence-corrected chi connectivity index (χ0v) is 15.6. The first-order valence-corrected chi connectivity index (χ1v) is 1.24. The first kappa shape index (κ1) is 44.5. The second-order valence-corrected chi connectivity index (χ2v) is 0.773. The molecule has 0 fully saturated rings. The molecule has 2 nitrogen and oxygen atoms in total. The summed E-state index contributed by atoms with van der Waals surface area (Å²) in [6.45, 7) is -1.73. The minimum absolute atomic E-state index is 0. The molecule has 0 aliphatic rings. The Morgan fingerprint density at radius 1 is 1.00 bits per heavy atom. The third kappa shape index (κ3) is 48.5. The summed E-state index contributed by atoms with van der Waals surface area (Å²) in [5, 5.41) is 7.28. The van der Waals surface area contributed by atoms with Crippen molar-refractivity contribution in [1.82, 2.24) is 0 Å². The van der Waals surface area contributed by atoms with Gasteiger partial charge in [-0.1, -0.05) is 0 Å². The van der Waals surface area contributed by atoms with Gasteiger partial charge in [-0.2, -0.15) is 13.2 Å². The van der Waals surface area contributed by atoms with Gasteiger partial charge in [0.15, 0.2) is 0 Å². The molecule has 0 amide bonds. The van der Waals surface area contributed by atoms with Crippen LogP contribution in [0.4, 0.5) is 13.2 Å². The molecule has 0 spiro atoms. The molecule has 12 heavy (non-hydrogen) atoms. The number of rotatable bonds is 0. The Bertz CT molecular complexity index is 60.1. The standard InChI is InChI=1S/C2H3F3O.2ClH.K.2Na.H2O/c3-2(4,5)1-6;;;;;;/h6H,1H2;2*1H;;;;1H2/q;;;3*+1;/p-3. The Balaban J connectivity index is -0.00000000833. The molecule has 0 aliphatic carbocycles. The Hall–Kier alpha value is 3.93. The van der Waals surface area contributed by atoms with E-state index in [1.54, 1.807) is 0 Å². The Kier molecular flexibility index (Phi) is 90.0. The molecule has 0 atom stereocenters. The number of aliphatic hydroxyl groups is 1. The van der Waals surface area contributed by atoms with Gasteiger partial charge >= 0.3 is 117 Å². The minimum atomic E-state index is -4.40. The van der Waals surface area contributed by atoms with E-state index in [4.69, 9.17) is 5.11 Å². The van der Waals surface area contributed by atoms with E-state index >= 15 is 0 Å². The van der Waals surface area contributed by atoms with Crippen molar-refractivity contribution < 1.29 is 159 Å².